The molecular formula is C60H77IN2P4S4. The van der Waals surface area contributed by atoms with E-state index in [0.717, 1.165) is 6.54 Å². The third kappa shape index (κ3) is 16.8. The second-order valence-corrected chi connectivity index (χ2v) is 31.8. The van der Waals surface area contributed by atoms with Gasteiger partial charge in [-0.1, -0.05) is 177 Å². The summed E-state index contributed by atoms with van der Waals surface area (Å²) in [5.41, 5.74) is 8.69. The Hall–Kier alpha value is -1.95. The van der Waals surface area contributed by atoms with Gasteiger partial charge in [0, 0.05) is 64.0 Å². The molecule has 0 unspecified atom stereocenters. The Labute approximate surface area is 464 Å². The summed E-state index contributed by atoms with van der Waals surface area (Å²) in [7, 11) is -1.08. The van der Waals surface area contributed by atoms with Crippen LogP contribution in [0, 0.1) is 0 Å². The Balaban J connectivity index is 0.000000212. The molecule has 2 aliphatic rings. The van der Waals surface area contributed by atoms with Gasteiger partial charge in [0.1, 0.15) is 0 Å². The molecule has 1 N–H and O–H groups in total. The lowest BCUT2D eigenvalue weighted by molar-refractivity contribution is 0.632. The average molecular weight is 1210 g/mol. The molecule has 4 aromatic heterocycles. The monoisotopic (exact) mass is 1200 g/mol. The molecule has 8 aromatic rings. The minimum atomic E-state index is -0.514. The van der Waals surface area contributed by atoms with E-state index in [0.29, 0.717) is 22.6 Å². The average Bonchev–Trinajstić information content (AvgIpc) is 4.29. The maximum Gasteiger partial charge on any atom is 0.0335 e. The molecule has 2 saturated heterocycles. The van der Waals surface area contributed by atoms with Gasteiger partial charge >= 0.3 is 0 Å². The van der Waals surface area contributed by atoms with Gasteiger partial charge in [-0.05, 0) is 173 Å². The minimum Gasteiger partial charge on any atom is -0.295 e. The Morgan fingerprint density at radius 1 is 0.493 bits per heavy atom. The normalized spacial score (nSPS) is 17.6. The molecule has 2 nitrogen and oxygen atoms in total. The number of thiophene rings is 4. The highest BCUT2D eigenvalue weighted by Gasteiger charge is 2.44. The first-order chi connectivity index (χ1) is 34.1. The highest BCUT2D eigenvalue weighted by Crippen LogP contribution is 2.76. The smallest absolute Gasteiger partial charge is 0.0335 e. The second kappa shape index (κ2) is 33.2. The zero-order valence-corrected chi connectivity index (χ0v) is 49.6. The first-order valence-corrected chi connectivity index (χ1v) is 36.9. The van der Waals surface area contributed by atoms with Gasteiger partial charge in [-0.2, -0.15) is 45.3 Å². The number of unbranched alkanes of at least 4 members (excludes halogenated alkanes) is 2. The van der Waals surface area contributed by atoms with Crippen LogP contribution in [0.5, 0.6) is 0 Å². The highest BCUT2D eigenvalue weighted by atomic mass is 127. The lowest BCUT2D eigenvalue weighted by Gasteiger charge is -2.42. The van der Waals surface area contributed by atoms with Gasteiger partial charge in [-0.15, -0.1) is 0 Å². The molecule has 6 heterocycles. The van der Waals surface area contributed by atoms with Crippen molar-refractivity contribution >= 4 is 118 Å². The van der Waals surface area contributed by atoms with E-state index in [4.69, 9.17) is 0 Å². The van der Waals surface area contributed by atoms with Gasteiger partial charge in [0.2, 0.25) is 0 Å². The molecule has 378 valence electrons. The van der Waals surface area contributed by atoms with Crippen LogP contribution in [0.25, 0.3) is 0 Å². The number of nitrogens with zero attached hydrogens (tertiary/aromatic N) is 1. The summed E-state index contributed by atoms with van der Waals surface area (Å²) < 4.78 is 3.01. The minimum absolute atomic E-state index is 0. The van der Waals surface area contributed by atoms with E-state index in [1.54, 1.807) is 22.7 Å². The molecule has 71 heavy (non-hydrogen) atoms. The molecule has 0 radical (unpaired) electrons. The standard InChI is InChI=1S/C28H31NP2S2.C20H26NP.C8H6IPS2.C2H6.2CH4/c1-2-3-18-29(30(25-16-19-32-21-25)26-17-20-33-22-26)31-27(23-10-6-4-7-11-23)14-15-28(31)24-12-8-5-9-13-24;1-2-3-16-21-22-19(17-10-6-4-7-11-17)14-15-20(22)18-12-8-5-9-13-18;9-10(7-1-3-11-5-7)8-2-4-12-6-8;1-2;;/h4-13,16-17,19-22,27-28H,2-3,14-15,18H2,1H3;4-13,19-21H,2-3,14-16H2,1H3;1-6H;1-2H3;2*1H4/t27-,28-;19-,20-;;;;/m11..../s1. The van der Waals surface area contributed by atoms with E-state index >= 15 is 0 Å². The van der Waals surface area contributed by atoms with Gasteiger partial charge < -0.3 is 0 Å². The number of hydrogen-bond donors (Lipinski definition) is 1. The predicted octanol–water partition coefficient (Wildman–Crippen LogP) is 20.9. The molecule has 10 rings (SSSR count). The van der Waals surface area contributed by atoms with Crippen molar-refractivity contribution in [2.45, 2.75) is 117 Å². The van der Waals surface area contributed by atoms with Crippen LogP contribution in [-0.4, -0.2) is 17.5 Å². The molecule has 0 bridgehead atoms. The fourth-order valence-corrected chi connectivity index (χ4v) is 27.9. The van der Waals surface area contributed by atoms with Crippen molar-refractivity contribution in [3.63, 3.8) is 0 Å². The maximum atomic E-state index is 3.94. The summed E-state index contributed by atoms with van der Waals surface area (Å²) in [5.74, 6) is 0. The van der Waals surface area contributed by atoms with Gasteiger partial charge in [0.05, 0.1) is 0 Å². The van der Waals surface area contributed by atoms with E-state index in [-0.39, 0.29) is 36.6 Å². The lowest BCUT2D eigenvalue weighted by Crippen LogP contribution is -2.26. The third-order valence-corrected chi connectivity index (χ3v) is 30.2. The molecule has 4 atom stereocenters. The van der Waals surface area contributed by atoms with E-state index in [1.165, 1.54) is 101 Å². The Bertz CT molecular complexity index is 2340. The number of hydrogen-bond acceptors (Lipinski definition) is 6. The second-order valence-electron chi connectivity index (χ2n) is 16.9. The van der Waals surface area contributed by atoms with Crippen molar-refractivity contribution in [2.24, 2.45) is 0 Å². The fourth-order valence-electron chi connectivity index (χ4n) is 9.21. The first-order valence-electron chi connectivity index (χ1n) is 24.8. The number of benzene rings is 4. The van der Waals surface area contributed by atoms with Gasteiger partial charge in [-0.3, -0.25) is 9.53 Å². The molecule has 0 saturated carbocycles. The Morgan fingerprint density at radius 3 is 1.17 bits per heavy atom. The first kappa shape index (κ1) is 59.9. The van der Waals surface area contributed by atoms with Crippen molar-refractivity contribution in [3.8, 4) is 0 Å². The van der Waals surface area contributed by atoms with Crippen LogP contribution in [0.2, 0.25) is 0 Å². The van der Waals surface area contributed by atoms with E-state index in [9.17, 15) is 0 Å². The molecule has 2 fully saturated rings. The zero-order chi connectivity index (χ0) is 48.0. The number of nitrogens with one attached hydrogen (secondary N) is 1. The van der Waals surface area contributed by atoms with Crippen LogP contribution in [0.4, 0.5) is 0 Å². The summed E-state index contributed by atoms with van der Waals surface area (Å²) in [6.45, 7) is 11.0. The van der Waals surface area contributed by atoms with Crippen molar-refractivity contribution in [3.05, 3.63) is 211 Å². The molecule has 0 amide bonds. The van der Waals surface area contributed by atoms with Crippen molar-refractivity contribution in [2.75, 3.05) is 13.1 Å². The summed E-state index contributed by atoms with van der Waals surface area (Å²) in [6, 6.07) is 54.2. The quantitative estimate of drug-likeness (QED) is 0.0555. The van der Waals surface area contributed by atoms with Crippen LogP contribution in [-0.2, 0) is 0 Å². The van der Waals surface area contributed by atoms with Crippen molar-refractivity contribution in [1.82, 2.24) is 9.53 Å². The largest absolute Gasteiger partial charge is 0.295 e. The zero-order valence-electron chi connectivity index (χ0n) is 40.6. The summed E-state index contributed by atoms with van der Waals surface area (Å²) in [6.07, 6.45) is 10.2. The van der Waals surface area contributed by atoms with Crippen LogP contribution in [0.3, 0.4) is 0 Å². The molecule has 4 aromatic carbocycles. The van der Waals surface area contributed by atoms with Gasteiger partial charge in [-0.25, -0.2) is 0 Å². The topological polar surface area (TPSA) is 15.3 Å². The summed E-state index contributed by atoms with van der Waals surface area (Å²) >= 11 is 9.79. The van der Waals surface area contributed by atoms with Crippen molar-refractivity contribution in [1.29, 1.82) is 0 Å². The van der Waals surface area contributed by atoms with Gasteiger partial charge in [0.25, 0.3) is 0 Å². The van der Waals surface area contributed by atoms with E-state index in [1.807, 2.05) is 36.5 Å². The molecule has 2 aliphatic heterocycles. The van der Waals surface area contributed by atoms with Crippen LogP contribution >= 0.6 is 97.2 Å². The van der Waals surface area contributed by atoms with E-state index in [2.05, 4.69) is 234 Å². The maximum absolute atomic E-state index is 3.94. The molecule has 0 aliphatic carbocycles. The molecule has 0 spiro atoms. The highest BCUT2D eigenvalue weighted by molar-refractivity contribution is 14.2. The number of halogens is 1. The Kier molecular flexibility index (Phi) is 28.0. The molecule has 11 heteroatoms. The van der Waals surface area contributed by atoms with Crippen molar-refractivity contribution < 1.29 is 0 Å². The van der Waals surface area contributed by atoms with Gasteiger partial charge in [0.15, 0.2) is 0 Å². The summed E-state index contributed by atoms with van der Waals surface area (Å²) in [5, 5.41) is 28.1. The lowest BCUT2D eigenvalue weighted by atomic mass is 10.0. The van der Waals surface area contributed by atoms with Crippen LogP contribution < -0.4 is 26.3 Å². The van der Waals surface area contributed by atoms with Crippen LogP contribution in [0.1, 0.15) is 139 Å². The summed E-state index contributed by atoms with van der Waals surface area (Å²) in [4.78, 5) is 0. The fraction of sp³-hybridized carbons (Fsp3) is 0.333. The molecular weight excluding hydrogens is 1130 g/mol. The Morgan fingerprint density at radius 2 is 0.831 bits per heavy atom. The predicted molar refractivity (Wildman–Crippen MR) is 342 cm³/mol. The third-order valence-electron chi connectivity index (χ3n) is 12.5. The van der Waals surface area contributed by atoms with Crippen LogP contribution in [0.15, 0.2) is 189 Å². The van der Waals surface area contributed by atoms with E-state index < -0.39 is 8.07 Å². The number of rotatable bonds is 17. The SMILES string of the molecule is C.C.CC.CCCCN(P(c1ccsc1)c1ccsc1)P1[C@@H](c2ccccc2)CC[C@@H]1c1ccccc1.CCCCNP1[C@@H](c2ccccc2)CC[C@@H]1c1ccccc1.IP(c1ccsc1)c1ccsc1.